The summed E-state index contributed by atoms with van der Waals surface area (Å²) in [5.74, 6) is 1.19. The van der Waals surface area contributed by atoms with E-state index < -0.39 is 0 Å². The molecular weight excluding hydrogens is 240 g/mol. The predicted octanol–water partition coefficient (Wildman–Crippen LogP) is 5.38. The molecule has 0 aromatic heterocycles. The van der Waals surface area contributed by atoms with Crippen LogP contribution >= 0.6 is 0 Å². The first-order valence-electron chi connectivity index (χ1n) is 7.38. The van der Waals surface area contributed by atoms with Gasteiger partial charge in [0, 0.05) is 0 Å². The summed E-state index contributed by atoms with van der Waals surface area (Å²) in [5, 5.41) is 0. The normalized spacial score (nSPS) is 26.7. The molecule has 2 atom stereocenters. The second-order valence-electron chi connectivity index (χ2n) is 5.91. The highest BCUT2D eigenvalue weighted by Gasteiger charge is 2.32. The Morgan fingerprint density at radius 3 is 2.25 bits per heavy atom. The molecule has 0 bridgehead atoms. The topological polar surface area (TPSA) is 0 Å². The number of hydrogen-bond acceptors (Lipinski definition) is 0. The minimum Gasteiger partial charge on any atom is -0.0619 e. The summed E-state index contributed by atoms with van der Waals surface area (Å²) < 4.78 is 0. The van der Waals surface area contributed by atoms with Crippen molar-refractivity contribution in [2.45, 2.75) is 19.8 Å². The Morgan fingerprint density at radius 1 is 0.700 bits per heavy atom. The molecule has 0 fully saturated rings. The van der Waals surface area contributed by atoms with Crippen molar-refractivity contribution < 1.29 is 0 Å². The lowest BCUT2D eigenvalue weighted by molar-refractivity contribution is 0.637. The lowest BCUT2D eigenvalue weighted by Crippen LogP contribution is -1.99. The third-order valence-corrected chi connectivity index (χ3v) is 4.92. The molecule has 0 heteroatoms. The number of benzene rings is 2. The maximum atomic E-state index is 2.36. The summed E-state index contributed by atoms with van der Waals surface area (Å²) in [6.07, 6.45) is 4.54. The zero-order valence-electron chi connectivity index (χ0n) is 11.9. The van der Waals surface area contributed by atoms with Gasteiger partial charge < -0.3 is 0 Å². The number of hydrogen-bond donors (Lipinski definition) is 0. The minimum atomic E-state index is 0.582. The van der Waals surface area contributed by atoms with E-state index in [1.54, 1.807) is 0 Å². The molecular formula is C20H18. The van der Waals surface area contributed by atoms with Crippen LogP contribution in [0.25, 0.3) is 17.2 Å². The van der Waals surface area contributed by atoms with E-state index in [1.807, 2.05) is 0 Å². The van der Waals surface area contributed by atoms with Gasteiger partial charge in [-0.2, -0.15) is 0 Å². The van der Waals surface area contributed by atoms with E-state index in [-0.39, 0.29) is 0 Å². The fourth-order valence-corrected chi connectivity index (χ4v) is 3.68. The molecule has 0 saturated carbocycles. The summed E-state index contributed by atoms with van der Waals surface area (Å²) >= 11 is 0. The van der Waals surface area contributed by atoms with Crippen LogP contribution in [0.5, 0.6) is 0 Å². The van der Waals surface area contributed by atoms with Gasteiger partial charge in [-0.15, -0.1) is 0 Å². The van der Waals surface area contributed by atoms with E-state index in [4.69, 9.17) is 0 Å². The standard InChI is InChI=1S/C20H18/c1-13-14(2)20(18-10-6-5-8-16(13)18)19-12-11-15-7-3-4-9-17(15)19/h3-14H,1-2H3/b20-19-. The maximum absolute atomic E-state index is 2.36. The van der Waals surface area contributed by atoms with Crippen molar-refractivity contribution in [3.05, 3.63) is 76.9 Å². The quantitative estimate of drug-likeness (QED) is 0.595. The predicted molar refractivity (Wildman–Crippen MR) is 86.3 cm³/mol. The molecule has 0 N–H and O–H groups in total. The van der Waals surface area contributed by atoms with Gasteiger partial charge in [-0.1, -0.05) is 74.5 Å². The van der Waals surface area contributed by atoms with Crippen LogP contribution < -0.4 is 0 Å². The first-order valence-corrected chi connectivity index (χ1v) is 7.38. The lowest BCUT2D eigenvalue weighted by atomic mass is 9.89. The first-order chi connectivity index (χ1) is 9.77. The van der Waals surface area contributed by atoms with Crippen LogP contribution in [0, 0.1) is 5.92 Å². The second kappa shape index (κ2) is 4.21. The number of allylic oxidation sites excluding steroid dienone is 3. The molecule has 2 aromatic rings. The van der Waals surface area contributed by atoms with Gasteiger partial charge in [0.2, 0.25) is 0 Å². The van der Waals surface area contributed by atoms with Crippen LogP contribution in [-0.4, -0.2) is 0 Å². The fourth-order valence-electron chi connectivity index (χ4n) is 3.68. The highest BCUT2D eigenvalue weighted by atomic mass is 14.4. The molecule has 2 aromatic carbocycles. The average molecular weight is 258 g/mol. The van der Waals surface area contributed by atoms with Gasteiger partial charge in [0.15, 0.2) is 0 Å². The average Bonchev–Trinajstić information content (AvgIpc) is 3.01. The highest BCUT2D eigenvalue weighted by Crippen LogP contribution is 2.50. The third kappa shape index (κ3) is 1.48. The molecule has 0 heterocycles. The first kappa shape index (κ1) is 11.7. The van der Waals surface area contributed by atoms with Crippen molar-refractivity contribution in [1.29, 1.82) is 0 Å². The van der Waals surface area contributed by atoms with E-state index >= 15 is 0 Å². The Balaban J connectivity index is 2.00. The molecule has 2 aliphatic rings. The van der Waals surface area contributed by atoms with Gasteiger partial charge in [-0.25, -0.2) is 0 Å². The Bertz CT molecular complexity index is 746. The Morgan fingerprint density at radius 2 is 1.40 bits per heavy atom. The molecule has 0 spiro atoms. The highest BCUT2D eigenvalue weighted by molar-refractivity contribution is 6.05. The molecule has 0 nitrogen and oxygen atoms in total. The van der Waals surface area contributed by atoms with Crippen molar-refractivity contribution in [3.8, 4) is 0 Å². The Labute approximate surface area is 120 Å². The molecule has 0 radical (unpaired) electrons. The molecule has 0 saturated heterocycles. The van der Waals surface area contributed by atoms with Crippen molar-refractivity contribution in [3.63, 3.8) is 0 Å². The lowest BCUT2D eigenvalue weighted by Gasteiger charge is -2.14. The van der Waals surface area contributed by atoms with Crippen molar-refractivity contribution in [1.82, 2.24) is 0 Å². The maximum Gasteiger partial charge on any atom is -0.0108 e. The van der Waals surface area contributed by atoms with Crippen molar-refractivity contribution in [2.75, 3.05) is 0 Å². The molecule has 0 amide bonds. The van der Waals surface area contributed by atoms with Gasteiger partial charge in [0.1, 0.15) is 0 Å². The third-order valence-electron chi connectivity index (χ3n) is 4.92. The van der Waals surface area contributed by atoms with E-state index in [1.165, 1.54) is 33.4 Å². The minimum absolute atomic E-state index is 0.582. The summed E-state index contributed by atoms with van der Waals surface area (Å²) in [7, 11) is 0. The molecule has 2 unspecified atom stereocenters. The van der Waals surface area contributed by atoms with Crippen LogP contribution in [0.1, 0.15) is 42.0 Å². The van der Waals surface area contributed by atoms with Crippen molar-refractivity contribution in [2.24, 2.45) is 5.92 Å². The van der Waals surface area contributed by atoms with Gasteiger partial charge in [-0.3, -0.25) is 0 Å². The molecule has 20 heavy (non-hydrogen) atoms. The van der Waals surface area contributed by atoms with Crippen LogP contribution in [0.2, 0.25) is 0 Å². The molecule has 0 aliphatic heterocycles. The number of fused-ring (bicyclic) bond motifs is 2. The van der Waals surface area contributed by atoms with Crippen molar-refractivity contribution >= 4 is 17.2 Å². The second-order valence-corrected chi connectivity index (χ2v) is 5.91. The van der Waals surface area contributed by atoms with Crippen LogP contribution in [0.4, 0.5) is 0 Å². The van der Waals surface area contributed by atoms with Crippen LogP contribution in [0.3, 0.4) is 0 Å². The zero-order chi connectivity index (χ0) is 13.7. The smallest absolute Gasteiger partial charge is 0.0108 e. The Kier molecular flexibility index (Phi) is 2.47. The largest absolute Gasteiger partial charge is 0.0619 e. The van der Waals surface area contributed by atoms with Gasteiger partial charge >= 0.3 is 0 Å². The Hall–Kier alpha value is -2.08. The van der Waals surface area contributed by atoms with Crippen LogP contribution in [0.15, 0.2) is 54.6 Å². The zero-order valence-corrected chi connectivity index (χ0v) is 11.9. The molecule has 2 aliphatic carbocycles. The van der Waals surface area contributed by atoms with Gasteiger partial charge in [-0.05, 0) is 45.2 Å². The fraction of sp³-hybridized carbons (Fsp3) is 0.200. The summed E-state index contributed by atoms with van der Waals surface area (Å²) in [6.45, 7) is 4.71. The molecule has 98 valence electrons. The number of rotatable bonds is 0. The SMILES string of the molecule is CC1/C(=C2\C=Cc3ccccc32)c2ccccc2C1C. The van der Waals surface area contributed by atoms with E-state index in [0.29, 0.717) is 11.8 Å². The molecule has 4 rings (SSSR count). The van der Waals surface area contributed by atoms with E-state index in [2.05, 4.69) is 74.5 Å². The summed E-state index contributed by atoms with van der Waals surface area (Å²) in [6, 6.07) is 17.6. The van der Waals surface area contributed by atoms with Gasteiger partial charge in [0.25, 0.3) is 0 Å². The van der Waals surface area contributed by atoms with E-state index in [9.17, 15) is 0 Å². The van der Waals surface area contributed by atoms with Crippen LogP contribution in [-0.2, 0) is 0 Å². The summed E-state index contributed by atoms with van der Waals surface area (Å²) in [5.41, 5.74) is 8.63. The van der Waals surface area contributed by atoms with E-state index in [0.717, 1.165) is 0 Å². The monoisotopic (exact) mass is 258 g/mol. The summed E-state index contributed by atoms with van der Waals surface area (Å²) in [4.78, 5) is 0. The van der Waals surface area contributed by atoms with Gasteiger partial charge in [0.05, 0.1) is 0 Å².